The number of anilines is 1. The van der Waals surface area contributed by atoms with Crippen LogP contribution in [0.15, 0.2) is 18.2 Å². The van der Waals surface area contributed by atoms with Gasteiger partial charge in [0, 0.05) is 0 Å². The molecule has 1 aromatic rings. The van der Waals surface area contributed by atoms with Crippen LogP contribution in [0.3, 0.4) is 0 Å². The summed E-state index contributed by atoms with van der Waals surface area (Å²) in [7, 11) is 1.63. The van der Waals surface area contributed by atoms with E-state index in [2.05, 4.69) is 6.92 Å². The van der Waals surface area contributed by atoms with Crippen molar-refractivity contribution in [2.24, 2.45) is 5.92 Å². The third kappa shape index (κ3) is 2.71. The first kappa shape index (κ1) is 13.1. The number of hydrogen-bond acceptors (Lipinski definition) is 3. The summed E-state index contributed by atoms with van der Waals surface area (Å²) < 4.78 is 11.4. The number of methoxy groups -OCH3 is 1. The van der Waals surface area contributed by atoms with Crippen LogP contribution in [0.2, 0.25) is 0 Å². The van der Waals surface area contributed by atoms with E-state index < -0.39 is 0 Å². The first-order chi connectivity index (χ1) is 8.76. The molecule has 2 N–H and O–H groups in total. The van der Waals surface area contributed by atoms with Crippen LogP contribution < -0.4 is 15.2 Å². The average Bonchev–Trinajstić information content (AvgIpc) is 2.42. The molecule has 0 bridgehead atoms. The van der Waals surface area contributed by atoms with E-state index in [1.165, 1.54) is 25.7 Å². The Bertz CT molecular complexity index is 392. The van der Waals surface area contributed by atoms with Crippen LogP contribution in [0.25, 0.3) is 0 Å². The van der Waals surface area contributed by atoms with Crippen molar-refractivity contribution in [1.82, 2.24) is 0 Å². The van der Waals surface area contributed by atoms with Crippen molar-refractivity contribution in [3.8, 4) is 11.5 Å². The molecule has 1 fully saturated rings. The predicted molar refractivity (Wildman–Crippen MR) is 74.1 cm³/mol. The Morgan fingerprint density at radius 1 is 1.22 bits per heavy atom. The maximum Gasteiger partial charge on any atom is 0.146 e. The van der Waals surface area contributed by atoms with E-state index in [1.807, 2.05) is 18.2 Å². The highest BCUT2D eigenvalue weighted by molar-refractivity contribution is 5.62. The Hall–Kier alpha value is -1.38. The number of ether oxygens (including phenoxy) is 2. The summed E-state index contributed by atoms with van der Waals surface area (Å²) in [5.74, 6) is 2.11. The molecular weight excluding hydrogens is 226 g/mol. The monoisotopic (exact) mass is 249 g/mol. The van der Waals surface area contributed by atoms with Crippen LogP contribution in [-0.2, 0) is 0 Å². The van der Waals surface area contributed by atoms with E-state index in [-0.39, 0.29) is 0 Å². The van der Waals surface area contributed by atoms with Crippen molar-refractivity contribution in [1.29, 1.82) is 0 Å². The van der Waals surface area contributed by atoms with Gasteiger partial charge < -0.3 is 15.2 Å². The highest BCUT2D eigenvalue weighted by Crippen LogP contribution is 2.36. The van der Waals surface area contributed by atoms with Crippen molar-refractivity contribution in [3.05, 3.63) is 18.2 Å². The Kier molecular flexibility index (Phi) is 4.34. The third-order valence-corrected chi connectivity index (χ3v) is 3.89. The fraction of sp³-hybridized carbons (Fsp3) is 0.600. The number of benzene rings is 1. The zero-order valence-corrected chi connectivity index (χ0v) is 11.3. The van der Waals surface area contributed by atoms with Crippen molar-refractivity contribution in [2.45, 2.75) is 45.1 Å². The van der Waals surface area contributed by atoms with Gasteiger partial charge in [-0.2, -0.15) is 0 Å². The van der Waals surface area contributed by atoms with Crippen LogP contribution >= 0.6 is 0 Å². The van der Waals surface area contributed by atoms with Crippen LogP contribution in [0, 0.1) is 5.92 Å². The smallest absolute Gasteiger partial charge is 0.146 e. The van der Waals surface area contributed by atoms with Gasteiger partial charge >= 0.3 is 0 Å². The van der Waals surface area contributed by atoms with Crippen molar-refractivity contribution in [2.75, 3.05) is 12.8 Å². The summed E-state index contributed by atoms with van der Waals surface area (Å²) in [4.78, 5) is 0. The molecule has 0 aliphatic heterocycles. The molecule has 100 valence electrons. The molecule has 18 heavy (non-hydrogen) atoms. The number of hydrogen-bond donors (Lipinski definition) is 1. The second-order valence-electron chi connectivity index (χ2n) is 4.98. The molecule has 0 amide bonds. The molecular formula is C15H23NO2. The second kappa shape index (κ2) is 5.98. The number of para-hydroxylation sites is 1. The molecule has 1 saturated carbocycles. The first-order valence-corrected chi connectivity index (χ1v) is 6.85. The third-order valence-electron chi connectivity index (χ3n) is 3.89. The Morgan fingerprint density at radius 2 is 1.94 bits per heavy atom. The van der Waals surface area contributed by atoms with Gasteiger partial charge in [-0.25, -0.2) is 0 Å². The molecule has 2 atom stereocenters. The Balaban J connectivity index is 2.12. The number of nitrogens with two attached hydrogens (primary N) is 1. The van der Waals surface area contributed by atoms with Crippen LogP contribution in [0.5, 0.6) is 11.5 Å². The van der Waals surface area contributed by atoms with Gasteiger partial charge in [0.1, 0.15) is 23.3 Å². The molecule has 2 unspecified atom stereocenters. The number of rotatable bonds is 4. The lowest BCUT2D eigenvalue weighted by Gasteiger charge is -2.31. The zero-order valence-electron chi connectivity index (χ0n) is 11.3. The Labute approximate surface area is 109 Å². The molecule has 2 rings (SSSR count). The first-order valence-electron chi connectivity index (χ1n) is 6.85. The van der Waals surface area contributed by atoms with E-state index in [4.69, 9.17) is 15.2 Å². The fourth-order valence-corrected chi connectivity index (χ4v) is 2.76. The lowest BCUT2D eigenvalue weighted by molar-refractivity contribution is 0.0909. The standard InChI is InChI=1S/C15H23NO2/c1-3-11-7-4-5-8-12(11)18-14-10-6-9-13(17-2)15(14)16/h6,9-12H,3-5,7-8,16H2,1-2H3. The molecule has 1 aromatic carbocycles. The SMILES string of the molecule is CCC1CCCCC1Oc1cccc(OC)c1N. The maximum absolute atomic E-state index is 6.13. The summed E-state index contributed by atoms with van der Waals surface area (Å²) in [6.45, 7) is 2.24. The summed E-state index contributed by atoms with van der Waals surface area (Å²) >= 11 is 0. The van der Waals surface area contributed by atoms with Gasteiger partial charge in [-0.3, -0.25) is 0 Å². The molecule has 1 aliphatic carbocycles. The molecule has 3 nitrogen and oxygen atoms in total. The van der Waals surface area contributed by atoms with E-state index in [0.29, 0.717) is 23.5 Å². The van der Waals surface area contributed by atoms with Crippen molar-refractivity contribution < 1.29 is 9.47 Å². The highest BCUT2D eigenvalue weighted by Gasteiger charge is 2.26. The van der Waals surface area contributed by atoms with Gasteiger partial charge in [0.2, 0.25) is 0 Å². The minimum atomic E-state index is 0.304. The maximum atomic E-state index is 6.13. The van der Waals surface area contributed by atoms with Crippen LogP contribution in [-0.4, -0.2) is 13.2 Å². The summed E-state index contributed by atoms with van der Waals surface area (Å²) in [5.41, 5.74) is 6.66. The summed E-state index contributed by atoms with van der Waals surface area (Å²) in [6, 6.07) is 5.72. The van der Waals surface area contributed by atoms with Crippen LogP contribution in [0.1, 0.15) is 39.0 Å². The van der Waals surface area contributed by atoms with Gasteiger partial charge in [-0.1, -0.05) is 19.4 Å². The summed E-state index contributed by atoms with van der Waals surface area (Å²) in [5, 5.41) is 0. The molecule has 0 radical (unpaired) electrons. The molecule has 0 aromatic heterocycles. The Morgan fingerprint density at radius 3 is 2.67 bits per heavy atom. The van der Waals surface area contributed by atoms with Gasteiger partial charge in [-0.15, -0.1) is 0 Å². The largest absolute Gasteiger partial charge is 0.494 e. The van der Waals surface area contributed by atoms with Gasteiger partial charge in [0.15, 0.2) is 0 Å². The molecule has 0 spiro atoms. The number of nitrogen functional groups attached to an aromatic ring is 1. The molecule has 0 heterocycles. The van der Waals surface area contributed by atoms with E-state index in [9.17, 15) is 0 Å². The van der Waals surface area contributed by atoms with Crippen molar-refractivity contribution in [3.63, 3.8) is 0 Å². The topological polar surface area (TPSA) is 44.5 Å². The van der Waals surface area contributed by atoms with E-state index in [1.54, 1.807) is 7.11 Å². The average molecular weight is 249 g/mol. The van der Waals surface area contributed by atoms with Gasteiger partial charge in [0.25, 0.3) is 0 Å². The summed E-state index contributed by atoms with van der Waals surface area (Å²) in [6.07, 6.45) is 6.46. The molecule has 3 heteroatoms. The second-order valence-corrected chi connectivity index (χ2v) is 4.98. The van der Waals surface area contributed by atoms with E-state index >= 15 is 0 Å². The zero-order chi connectivity index (χ0) is 13.0. The van der Waals surface area contributed by atoms with Crippen LogP contribution in [0.4, 0.5) is 5.69 Å². The highest BCUT2D eigenvalue weighted by atomic mass is 16.5. The van der Waals surface area contributed by atoms with Gasteiger partial charge in [0.05, 0.1) is 7.11 Å². The molecule has 1 aliphatic rings. The molecule has 0 saturated heterocycles. The van der Waals surface area contributed by atoms with E-state index in [0.717, 1.165) is 12.2 Å². The predicted octanol–water partition coefficient (Wildman–Crippen LogP) is 3.63. The lowest BCUT2D eigenvalue weighted by atomic mass is 9.85. The minimum absolute atomic E-state index is 0.304. The lowest BCUT2D eigenvalue weighted by Crippen LogP contribution is -2.30. The van der Waals surface area contributed by atoms with Crippen molar-refractivity contribution >= 4 is 5.69 Å². The quantitative estimate of drug-likeness (QED) is 0.829. The normalized spacial score (nSPS) is 23.7. The van der Waals surface area contributed by atoms with Gasteiger partial charge in [-0.05, 0) is 43.7 Å². The fourth-order valence-electron chi connectivity index (χ4n) is 2.76. The minimum Gasteiger partial charge on any atom is -0.494 e.